The van der Waals surface area contributed by atoms with Crippen molar-refractivity contribution < 1.29 is 14.6 Å². The van der Waals surface area contributed by atoms with Crippen molar-refractivity contribution in [2.45, 2.75) is 25.9 Å². The topological polar surface area (TPSA) is 54.0 Å². The minimum Gasteiger partial charge on any atom is -0.508 e. The number of benzene rings is 1. The molecule has 5 nitrogen and oxygen atoms in total. The third-order valence-electron chi connectivity index (χ3n) is 3.87. The average Bonchev–Trinajstić information content (AvgIpc) is 2.48. The highest BCUT2D eigenvalue weighted by Gasteiger charge is 2.17. The Hall–Kier alpha value is -1.30. The Morgan fingerprint density at radius 3 is 2.71 bits per heavy atom. The summed E-state index contributed by atoms with van der Waals surface area (Å²) in [5.74, 6) is 1.06. The van der Waals surface area contributed by atoms with Crippen molar-refractivity contribution in [1.82, 2.24) is 10.2 Å². The molecule has 1 aliphatic rings. The van der Waals surface area contributed by atoms with E-state index in [0.29, 0.717) is 11.8 Å². The number of ether oxygens (including phenoxy) is 2. The smallest absolute Gasteiger partial charge is 0.120 e. The highest BCUT2D eigenvalue weighted by Crippen LogP contribution is 2.28. The first-order valence-electron chi connectivity index (χ1n) is 7.53. The van der Waals surface area contributed by atoms with Crippen LogP contribution in [0.5, 0.6) is 11.5 Å². The van der Waals surface area contributed by atoms with Gasteiger partial charge in [-0.25, -0.2) is 0 Å². The standard InChI is InChI=1S/C16H26N2O3/c1-12(11-18-6-8-21-9-7-18)17-13(2)15-10-14(20-3)4-5-16(15)19/h4-5,10,12-13,17,19H,6-9,11H2,1-3H3. The van der Waals surface area contributed by atoms with E-state index in [2.05, 4.69) is 24.1 Å². The summed E-state index contributed by atoms with van der Waals surface area (Å²) in [6, 6.07) is 5.73. The summed E-state index contributed by atoms with van der Waals surface area (Å²) < 4.78 is 10.6. The Labute approximate surface area is 126 Å². The van der Waals surface area contributed by atoms with E-state index in [1.807, 2.05) is 6.07 Å². The molecule has 2 N–H and O–H groups in total. The fraction of sp³-hybridized carbons (Fsp3) is 0.625. The van der Waals surface area contributed by atoms with Gasteiger partial charge in [-0.3, -0.25) is 4.90 Å². The summed E-state index contributed by atoms with van der Waals surface area (Å²) in [4.78, 5) is 2.40. The molecule has 118 valence electrons. The molecular weight excluding hydrogens is 268 g/mol. The van der Waals surface area contributed by atoms with Crippen LogP contribution in [0.1, 0.15) is 25.5 Å². The second-order valence-electron chi connectivity index (χ2n) is 5.63. The zero-order valence-electron chi connectivity index (χ0n) is 13.1. The molecule has 0 aliphatic carbocycles. The van der Waals surface area contributed by atoms with Gasteiger partial charge in [-0.2, -0.15) is 0 Å². The number of rotatable bonds is 6. The monoisotopic (exact) mass is 294 g/mol. The lowest BCUT2D eigenvalue weighted by Crippen LogP contribution is -2.44. The van der Waals surface area contributed by atoms with Gasteiger partial charge in [0.05, 0.1) is 20.3 Å². The van der Waals surface area contributed by atoms with E-state index in [9.17, 15) is 5.11 Å². The Morgan fingerprint density at radius 1 is 1.33 bits per heavy atom. The van der Waals surface area contributed by atoms with Gasteiger partial charge in [0.15, 0.2) is 0 Å². The quantitative estimate of drug-likeness (QED) is 0.837. The van der Waals surface area contributed by atoms with Gasteiger partial charge < -0.3 is 19.9 Å². The lowest BCUT2D eigenvalue weighted by molar-refractivity contribution is 0.0339. The summed E-state index contributed by atoms with van der Waals surface area (Å²) in [6.07, 6.45) is 0. The lowest BCUT2D eigenvalue weighted by atomic mass is 10.1. The first-order valence-corrected chi connectivity index (χ1v) is 7.53. The molecule has 2 unspecified atom stereocenters. The first-order chi connectivity index (χ1) is 10.1. The van der Waals surface area contributed by atoms with Crippen LogP contribution >= 0.6 is 0 Å². The minimum absolute atomic E-state index is 0.0659. The molecule has 0 amide bonds. The van der Waals surface area contributed by atoms with Crippen LogP contribution in [-0.4, -0.2) is 56.0 Å². The maximum atomic E-state index is 10.0. The molecule has 2 rings (SSSR count). The van der Waals surface area contributed by atoms with Gasteiger partial charge in [0.1, 0.15) is 11.5 Å². The predicted octanol–water partition coefficient (Wildman–Crippen LogP) is 1.77. The zero-order chi connectivity index (χ0) is 15.2. The molecule has 0 spiro atoms. The molecule has 0 aromatic heterocycles. The molecule has 21 heavy (non-hydrogen) atoms. The van der Waals surface area contributed by atoms with Crippen LogP contribution in [0.4, 0.5) is 0 Å². The highest BCUT2D eigenvalue weighted by molar-refractivity contribution is 5.41. The van der Waals surface area contributed by atoms with Crippen LogP contribution in [-0.2, 0) is 4.74 Å². The van der Waals surface area contributed by atoms with Crippen molar-refractivity contribution in [2.24, 2.45) is 0 Å². The number of nitrogens with one attached hydrogen (secondary N) is 1. The van der Waals surface area contributed by atoms with Gasteiger partial charge in [0.2, 0.25) is 0 Å². The number of nitrogens with zero attached hydrogens (tertiary/aromatic N) is 1. The number of morpholine rings is 1. The Bertz CT molecular complexity index is 447. The van der Waals surface area contributed by atoms with Gasteiger partial charge in [-0.05, 0) is 32.0 Å². The summed E-state index contributed by atoms with van der Waals surface area (Å²) in [5.41, 5.74) is 0.864. The van der Waals surface area contributed by atoms with Crippen molar-refractivity contribution in [3.8, 4) is 11.5 Å². The van der Waals surface area contributed by atoms with E-state index < -0.39 is 0 Å². The Morgan fingerprint density at radius 2 is 2.05 bits per heavy atom. The van der Waals surface area contributed by atoms with Crippen molar-refractivity contribution in [3.05, 3.63) is 23.8 Å². The van der Waals surface area contributed by atoms with E-state index >= 15 is 0 Å². The molecule has 1 fully saturated rings. The lowest BCUT2D eigenvalue weighted by Gasteiger charge is -2.30. The van der Waals surface area contributed by atoms with Crippen LogP contribution in [0.2, 0.25) is 0 Å². The molecule has 1 aromatic rings. The molecular formula is C16H26N2O3. The normalized spacial score (nSPS) is 19.2. The molecule has 0 radical (unpaired) electrons. The van der Waals surface area contributed by atoms with E-state index in [-0.39, 0.29) is 6.04 Å². The fourth-order valence-electron chi connectivity index (χ4n) is 2.75. The summed E-state index contributed by atoms with van der Waals surface area (Å²) in [7, 11) is 1.63. The molecule has 0 saturated carbocycles. The number of aromatic hydroxyl groups is 1. The SMILES string of the molecule is COc1ccc(O)c(C(C)NC(C)CN2CCOCC2)c1. The van der Waals surface area contributed by atoms with Crippen LogP contribution in [0.15, 0.2) is 18.2 Å². The Kier molecular flexibility index (Phi) is 5.85. The fourth-order valence-corrected chi connectivity index (χ4v) is 2.75. The molecule has 1 saturated heterocycles. The third-order valence-corrected chi connectivity index (χ3v) is 3.87. The second kappa shape index (κ2) is 7.64. The maximum absolute atomic E-state index is 10.0. The molecule has 1 aromatic carbocycles. The molecule has 1 heterocycles. The van der Waals surface area contributed by atoms with E-state index in [1.165, 1.54) is 0 Å². The van der Waals surface area contributed by atoms with Crippen LogP contribution < -0.4 is 10.1 Å². The van der Waals surface area contributed by atoms with E-state index in [0.717, 1.165) is 44.2 Å². The van der Waals surface area contributed by atoms with Gasteiger partial charge in [0, 0.05) is 37.3 Å². The molecule has 0 bridgehead atoms. The van der Waals surface area contributed by atoms with Gasteiger partial charge >= 0.3 is 0 Å². The van der Waals surface area contributed by atoms with Gasteiger partial charge in [0.25, 0.3) is 0 Å². The first kappa shape index (κ1) is 16.1. The number of phenols is 1. The van der Waals surface area contributed by atoms with E-state index in [4.69, 9.17) is 9.47 Å². The van der Waals surface area contributed by atoms with Gasteiger partial charge in [-0.15, -0.1) is 0 Å². The molecule has 5 heteroatoms. The van der Waals surface area contributed by atoms with Crippen LogP contribution in [0.3, 0.4) is 0 Å². The van der Waals surface area contributed by atoms with Crippen molar-refractivity contribution in [2.75, 3.05) is 40.0 Å². The summed E-state index contributed by atoms with van der Waals surface area (Å²) in [5, 5.41) is 13.6. The average molecular weight is 294 g/mol. The predicted molar refractivity (Wildman–Crippen MR) is 82.9 cm³/mol. The molecule has 1 aliphatic heterocycles. The number of hydrogen-bond acceptors (Lipinski definition) is 5. The molecule has 2 atom stereocenters. The van der Waals surface area contributed by atoms with Crippen molar-refractivity contribution >= 4 is 0 Å². The summed E-state index contributed by atoms with van der Waals surface area (Å²) >= 11 is 0. The minimum atomic E-state index is 0.0659. The van der Waals surface area contributed by atoms with Crippen LogP contribution in [0, 0.1) is 0 Å². The summed E-state index contributed by atoms with van der Waals surface area (Å²) in [6.45, 7) is 8.83. The highest BCUT2D eigenvalue weighted by atomic mass is 16.5. The van der Waals surface area contributed by atoms with Crippen LogP contribution in [0.25, 0.3) is 0 Å². The largest absolute Gasteiger partial charge is 0.508 e. The maximum Gasteiger partial charge on any atom is 0.120 e. The second-order valence-corrected chi connectivity index (χ2v) is 5.63. The number of phenolic OH excluding ortho intramolecular Hbond substituents is 1. The third kappa shape index (κ3) is 4.59. The van der Waals surface area contributed by atoms with Gasteiger partial charge in [-0.1, -0.05) is 0 Å². The zero-order valence-corrected chi connectivity index (χ0v) is 13.1. The van der Waals surface area contributed by atoms with Crippen molar-refractivity contribution in [1.29, 1.82) is 0 Å². The van der Waals surface area contributed by atoms with E-state index in [1.54, 1.807) is 19.2 Å². The number of hydrogen-bond donors (Lipinski definition) is 2. The van der Waals surface area contributed by atoms with Crippen molar-refractivity contribution in [3.63, 3.8) is 0 Å². The number of methoxy groups -OCH3 is 1. The Balaban J connectivity index is 1.92.